The summed E-state index contributed by atoms with van der Waals surface area (Å²) in [6, 6.07) is 0.273. The van der Waals surface area contributed by atoms with E-state index in [0.29, 0.717) is 0 Å². The molecule has 8 nitrogen and oxygen atoms in total. The lowest BCUT2D eigenvalue weighted by Gasteiger charge is -2.22. The zero-order chi connectivity index (χ0) is 14.5. The fraction of sp³-hybridized carbons (Fsp3) is 0.667. The second-order valence-electron chi connectivity index (χ2n) is 4.94. The molecule has 1 fully saturated rings. The molecule has 0 aromatic carbocycles. The van der Waals surface area contributed by atoms with Crippen molar-refractivity contribution in [2.75, 3.05) is 26.7 Å². The molecule has 0 bridgehead atoms. The second-order valence-corrected chi connectivity index (χ2v) is 4.94. The maximum atomic E-state index is 12.1. The molecular formula is C12H19N5O3. The highest BCUT2D eigenvalue weighted by Gasteiger charge is 2.20. The van der Waals surface area contributed by atoms with Gasteiger partial charge in [-0.3, -0.25) is 9.59 Å². The number of carboxylic acids is 1. The standard InChI is InChI=1S/C12H19N5O3/c1-16(7-4-11(18)19)12(20)10-8-17(15-14-10)9-2-5-13-6-3-9/h8-9,13H,2-7H2,1H3,(H,18,19). The Morgan fingerprint density at radius 3 is 2.85 bits per heavy atom. The third-order valence-electron chi connectivity index (χ3n) is 3.42. The molecule has 1 amide bonds. The number of nitrogens with one attached hydrogen (secondary N) is 1. The molecule has 0 unspecified atom stereocenters. The van der Waals surface area contributed by atoms with Crippen molar-refractivity contribution in [3.05, 3.63) is 11.9 Å². The van der Waals surface area contributed by atoms with Gasteiger partial charge in [0.2, 0.25) is 0 Å². The van der Waals surface area contributed by atoms with E-state index in [9.17, 15) is 9.59 Å². The van der Waals surface area contributed by atoms with Crippen LogP contribution < -0.4 is 5.32 Å². The van der Waals surface area contributed by atoms with Crippen molar-refractivity contribution in [3.63, 3.8) is 0 Å². The summed E-state index contributed by atoms with van der Waals surface area (Å²) in [6.45, 7) is 2.03. The summed E-state index contributed by atoms with van der Waals surface area (Å²) in [5, 5.41) is 19.8. The molecule has 0 radical (unpaired) electrons. The number of amides is 1. The molecule has 0 saturated carbocycles. The van der Waals surface area contributed by atoms with Gasteiger partial charge in [-0.2, -0.15) is 0 Å². The van der Waals surface area contributed by atoms with Crippen molar-refractivity contribution < 1.29 is 14.7 Å². The number of carbonyl (C=O) groups is 2. The predicted octanol–water partition coefficient (Wildman–Crippen LogP) is -0.251. The highest BCUT2D eigenvalue weighted by atomic mass is 16.4. The maximum Gasteiger partial charge on any atom is 0.305 e. The minimum absolute atomic E-state index is 0.0787. The molecular weight excluding hydrogens is 262 g/mol. The molecule has 2 heterocycles. The summed E-state index contributed by atoms with van der Waals surface area (Å²) in [6.07, 6.45) is 3.50. The van der Waals surface area contributed by atoms with Crippen molar-refractivity contribution in [2.45, 2.75) is 25.3 Å². The number of piperidine rings is 1. The molecule has 0 atom stereocenters. The van der Waals surface area contributed by atoms with Gasteiger partial charge in [0.1, 0.15) is 0 Å². The highest BCUT2D eigenvalue weighted by Crippen LogP contribution is 2.17. The fourth-order valence-electron chi connectivity index (χ4n) is 2.18. The first-order valence-corrected chi connectivity index (χ1v) is 6.67. The average molecular weight is 281 g/mol. The van der Waals surface area contributed by atoms with Crippen LogP contribution in [0.5, 0.6) is 0 Å². The molecule has 8 heteroatoms. The Morgan fingerprint density at radius 1 is 1.50 bits per heavy atom. The van der Waals surface area contributed by atoms with Gasteiger partial charge < -0.3 is 15.3 Å². The monoisotopic (exact) mass is 281 g/mol. The largest absolute Gasteiger partial charge is 0.481 e. The maximum absolute atomic E-state index is 12.1. The van der Waals surface area contributed by atoms with Gasteiger partial charge in [-0.15, -0.1) is 5.10 Å². The summed E-state index contributed by atoms with van der Waals surface area (Å²) in [4.78, 5) is 23.9. The summed E-state index contributed by atoms with van der Waals surface area (Å²) >= 11 is 0. The van der Waals surface area contributed by atoms with E-state index in [1.54, 1.807) is 17.9 Å². The van der Waals surface area contributed by atoms with Crippen LogP contribution in [0.3, 0.4) is 0 Å². The summed E-state index contributed by atoms with van der Waals surface area (Å²) in [5.41, 5.74) is 0.261. The lowest BCUT2D eigenvalue weighted by Crippen LogP contribution is -2.30. The van der Waals surface area contributed by atoms with Crippen molar-refractivity contribution in [2.24, 2.45) is 0 Å². The Hall–Kier alpha value is -1.96. The number of nitrogens with zero attached hydrogens (tertiary/aromatic N) is 4. The number of aliphatic carboxylic acids is 1. The molecule has 2 N–H and O–H groups in total. The van der Waals surface area contributed by atoms with Crippen LogP contribution in [0.25, 0.3) is 0 Å². The van der Waals surface area contributed by atoms with Gasteiger partial charge in [0.05, 0.1) is 18.7 Å². The first-order valence-electron chi connectivity index (χ1n) is 6.67. The Morgan fingerprint density at radius 2 is 2.20 bits per heavy atom. The smallest absolute Gasteiger partial charge is 0.305 e. The Labute approximate surface area is 116 Å². The van der Waals surface area contributed by atoms with Crippen molar-refractivity contribution in [3.8, 4) is 0 Å². The van der Waals surface area contributed by atoms with Crippen molar-refractivity contribution in [1.82, 2.24) is 25.2 Å². The molecule has 1 aliphatic rings. The number of hydrogen-bond acceptors (Lipinski definition) is 5. The minimum atomic E-state index is -0.928. The number of hydrogen-bond donors (Lipinski definition) is 2. The van der Waals surface area contributed by atoms with Gasteiger partial charge in [-0.25, -0.2) is 4.68 Å². The topological polar surface area (TPSA) is 100 Å². The van der Waals surface area contributed by atoms with E-state index >= 15 is 0 Å². The quantitative estimate of drug-likeness (QED) is 0.772. The fourth-order valence-corrected chi connectivity index (χ4v) is 2.18. The van der Waals surface area contributed by atoms with Gasteiger partial charge in [-0.05, 0) is 25.9 Å². The molecule has 20 heavy (non-hydrogen) atoms. The molecule has 1 aliphatic heterocycles. The SMILES string of the molecule is CN(CCC(=O)O)C(=O)c1cn(C2CCNCC2)nn1. The van der Waals surface area contributed by atoms with Gasteiger partial charge in [0, 0.05) is 13.6 Å². The third kappa shape index (κ3) is 3.53. The van der Waals surface area contributed by atoms with Gasteiger partial charge in [0.25, 0.3) is 5.91 Å². The van der Waals surface area contributed by atoms with Gasteiger partial charge in [-0.1, -0.05) is 5.21 Å². The van der Waals surface area contributed by atoms with E-state index in [4.69, 9.17) is 5.11 Å². The summed E-state index contributed by atoms with van der Waals surface area (Å²) in [5.74, 6) is -1.23. The van der Waals surface area contributed by atoms with E-state index in [-0.39, 0.29) is 30.6 Å². The second kappa shape index (κ2) is 6.47. The summed E-state index contributed by atoms with van der Waals surface area (Å²) < 4.78 is 1.74. The van der Waals surface area contributed by atoms with Gasteiger partial charge >= 0.3 is 5.97 Å². The Balaban J connectivity index is 1.96. The zero-order valence-corrected chi connectivity index (χ0v) is 11.4. The van der Waals surface area contributed by atoms with Crippen LogP contribution in [0.1, 0.15) is 35.8 Å². The molecule has 2 rings (SSSR count). The van der Waals surface area contributed by atoms with E-state index < -0.39 is 5.97 Å². The van der Waals surface area contributed by atoms with Crippen LogP contribution >= 0.6 is 0 Å². The van der Waals surface area contributed by atoms with E-state index in [0.717, 1.165) is 25.9 Å². The molecule has 1 aromatic heterocycles. The van der Waals surface area contributed by atoms with E-state index in [2.05, 4.69) is 15.6 Å². The number of rotatable bonds is 5. The van der Waals surface area contributed by atoms with Crippen LogP contribution in [0.2, 0.25) is 0 Å². The van der Waals surface area contributed by atoms with Crippen LogP contribution in [0.15, 0.2) is 6.20 Å². The van der Waals surface area contributed by atoms with Gasteiger partial charge in [0.15, 0.2) is 5.69 Å². The lowest BCUT2D eigenvalue weighted by atomic mass is 10.1. The number of aromatic nitrogens is 3. The van der Waals surface area contributed by atoms with Crippen molar-refractivity contribution >= 4 is 11.9 Å². The van der Waals surface area contributed by atoms with E-state index in [1.165, 1.54) is 4.90 Å². The van der Waals surface area contributed by atoms with E-state index in [1.807, 2.05) is 0 Å². The highest BCUT2D eigenvalue weighted by molar-refractivity contribution is 5.91. The predicted molar refractivity (Wildman–Crippen MR) is 70.4 cm³/mol. The molecule has 0 aliphatic carbocycles. The molecule has 0 spiro atoms. The Bertz CT molecular complexity index is 481. The van der Waals surface area contributed by atoms with Crippen LogP contribution in [-0.2, 0) is 4.79 Å². The normalized spacial score (nSPS) is 16.1. The average Bonchev–Trinajstić information content (AvgIpc) is 2.94. The number of carboxylic acid groups (broad SMARTS) is 1. The Kier molecular flexibility index (Phi) is 4.67. The lowest BCUT2D eigenvalue weighted by molar-refractivity contribution is -0.137. The van der Waals surface area contributed by atoms with Crippen LogP contribution in [-0.4, -0.2) is 63.6 Å². The third-order valence-corrected chi connectivity index (χ3v) is 3.42. The first-order chi connectivity index (χ1) is 9.58. The molecule has 1 saturated heterocycles. The van der Waals surface area contributed by atoms with Crippen LogP contribution in [0, 0.1) is 0 Å². The minimum Gasteiger partial charge on any atom is -0.481 e. The van der Waals surface area contributed by atoms with Crippen molar-refractivity contribution in [1.29, 1.82) is 0 Å². The molecule has 1 aromatic rings. The van der Waals surface area contributed by atoms with Crippen LogP contribution in [0.4, 0.5) is 0 Å². The molecule has 110 valence electrons. The summed E-state index contributed by atoms with van der Waals surface area (Å²) in [7, 11) is 1.56. The number of carbonyl (C=O) groups excluding carboxylic acids is 1. The first kappa shape index (κ1) is 14.4. The zero-order valence-electron chi connectivity index (χ0n) is 11.4.